The first-order valence-corrected chi connectivity index (χ1v) is 9.45. The molecule has 0 aliphatic carbocycles. The molecule has 1 aliphatic heterocycles. The molecule has 2 rings (SSSR count). The second-order valence-electron chi connectivity index (χ2n) is 7.56. The van der Waals surface area contributed by atoms with Gasteiger partial charge in [0.1, 0.15) is 0 Å². The lowest BCUT2D eigenvalue weighted by Crippen LogP contribution is -2.52. The number of ether oxygens (including phenoxy) is 1. The summed E-state index contributed by atoms with van der Waals surface area (Å²) in [5.74, 6) is 0.484. The van der Waals surface area contributed by atoms with E-state index in [1.54, 1.807) is 4.90 Å². The summed E-state index contributed by atoms with van der Waals surface area (Å²) in [4.78, 5) is 18.7. The van der Waals surface area contributed by atoms with Crippen LogP contribution in [-0.4, -0.2) is 75.9 Å². The SMILES string of the molecule is CC(C)C(CNC(=O)N(C)Cc1ccc(N(C)C)cc1)N1CCOCC1. The summed E-state index contributed by atoms with van der Waals surface area (Å²) in [6.45, 7) is 9.12. The van der Waals surface area contributed by atoms with Gasteiger partial charge in [0, 0.05) is 59.1 Å². The Labute approximate surface area is 158 Å². The van der Waals surface area contributed by atoms with Gasteiger partial charge in [0.25, 0.3) is 0 Å². The quantitative estimate of drug-likeness (QED) is 0.808. The molecule has 1 N–H and O–H groups in total. The molecular formula is C20H34N4O2. The summed E-state index contributed by atoms with van der Waals surface area (Å²) in [6, 6.07) is 8.62. The summed E-state index contributed by atoms with van der Waals surface area (Å²) in [5, 5.41) is 3.11. The first-order valence-electron chi connectivity index (χ1n) is 9.45. The summed E-state index contributed by atoms with van der Waals surface area (Å²) in [7, 11) is 5.89. The van der Waals surface area contributed by atoms with E-state index in [-0.39, 0.29) is 6.03 Å². The molecule has 6 nitrogen and oxygen atoms in total. The van der Waals surface area contributed by atoms with Crippen molar-refractivity contribution in [3.8, 4) is 0 Å². The number of amides is 2. The molecule has 2 amide bonds. The van der Waals surface area contributed by atoms with Gasteiger partial charge in [-0.25, -0.2) is 4.79 Å². The third kappa shape index (κ3) is 5.88. The highest BCUT2D eigenvalue weighted by Gasteiger charge is 2.24. The highest BCUT2D eigenvalue weighted by Crippen LogP contribution is 2.14. The van der Waals surface area contributed by atoms with Gasteiger partial charge in [-0.1, -0.05) is 26.0 Å². The average molecular weight is 363 g/mol. The number of nitrogens with zero attached hydrogens (tertiary/aromatic N) is 3. The average Bonchev–Trinajstić information content (AvgIpc) is 2.62. The van der Waals surface area contributed by atoms with Crippen molar-refractivity contribution >= 4 is 11.7 Å². The maximum absolute atomic E-state index is 12.5. The van der Waals surface area contributed by atoms with Gasteiger partial charge < -0.3 is 19.9 Å². The normalized spacial score (nSPS) is 16.4. The Kier molecular flexibility index (Phi) is 7.72. The number of carbonyl (C=O) groups excluding carboxylic acids is 1. The number of rotatable bonds is 7. The molecule has 0 spiro atoms. The van der Waals surface area contributed by atoms with Crippen molar-refractivity contribution < 1.29 is 9.53 Å². The second-order valence-corrected chi connectivity index (χ2v) is 7.56. The zero-order valence-corrected chi connectivity index (χ0v) is 16.9. The van der Waals surface area contributed by atoms with E-state index in [0.29, 0.717) is 25.0 Å². The number of anilines is 1. The summed E-state index contributed by atoms with van der Waals surface area (Å²) < 4.78 is 5.44. The standard InChI is InChI=1S/C20H34N4O2/c1-16(2)19(24-10-12-26-13-11-24)14-21-20(25)23(5)15-17-6-8-18(9-7-17)22(3)4/h6-9,16,19H,10-15H2,1-5H3,(H,21,25). The predicted molar refractivity (Wildman–Crippen MR) is 107 cm³/mol. The van der Waals surface area contributed by atoms with E-state index in [1.807, 2.05) is 21.1 Å². The Balaban J connectivity index is 1.85. The van der Waals surface area contributed by atoms with Crippen molar-refractivity contribution in [2.24, 2.45) is 5.92 Å². The third-order valence-electron chi connectivity index (χ3n) is 4.97. The lowest BCUT2D eigenvalue weighted by Gasteiger charge is -2.37. The molecule has 6 heteroatoms. The van der Waals surface area contributed by atoms with Crippen molar-refractivity contribution in [3.05, 3.63) is 29.8 Å². The monoisotopic (exact) mass is 362 g/mol. The van der Waals surface area contributed by atoms with Crippen LogP contribution < -0.4 is 10.2 Å². The largest absolute Gasteiger partial charge is 0.379 e. The molecule has 26 heavy (non-hydrogen) atoms. The third-order valence-corrected chi connectivity index (χ3v) is 4.97. The van der Waals surface area contributed by atoms with Gasteiger partial charge in [0.2, 0.25) is 0 Å². The fraction of sp³-hybridized carbons (Fsp3) is 0.650. The fourth-order valence-corrected chi connectivity index (χ4v) is 3.27. The van der Waals surface area contributed by atoms with E-state index in [0.717, 1.165) is 37.6 Å². The molecule has 146 valence electrons. The Morgan fingerprint density at radius 2 is 1.77 bits per heavy atom. The van der Waals surface area contributed by atoms with E-state index in [9.17, 15) is 4.79 Å². The highest BCUT2D eigenvalue weighted by atomic mass is 16.5. The molecule has 1 aromatic carbocycles. The van der Waals surface area contributed by atoms with E-state index in [4.69, 9.17) is 4.74 Å². The minimum absolute atomic E-state index is 0.0272. The molecule has 0 bridgehead atoms. The molecule has 1 atom stereocenters. The summed E-state index contributed by atoms with van der Waals surface area (Å²) >= 11 is 0. The maximum atomic E-state index is 12.5. The summed E-state index contributed by atoms with van der Waals surface area (Å²) in [6.07, 6.45) is 0. The van der Waals surface area contributed by atoms with Crippen LogP contribution >= 0.6 is 0 Å². The number of urea groups is 1. The van der Waals surface area contributed by atoms with Crippen LogP contribution in [0.1, 0.15) is 19.4 Å². The smallest absolute Gasteiger partial charge is 0.317 e. The van der Waals surface area contributed by atoms with Gasteiger partial charge in [-0.15, -0.1) is 0 Å². The molecule has 0 saturated carbocycles. The Bertz CT molecular complexity index is 553. The lowest BCUT2D eigenvalue weighted by molar-refractivity contribution is 0.00697. The van der Waals surface area contributed by atoms with Gasteiger partial charge in [-0.05, 0) is 23.6 Å². The van der Waals surface area contributed by atoms with Crippen molar-refractivity contribution in [3.63, 3.8) is 0 Å². The first kappa shape index (κ1) is 20.5. The van der Waals surface area contributed by atoms with Crippen molar-refractivity contribution in [1.82, 2.24) is 15.1 Å². The van der Waals surface area contributed by atoms with Crippen LogP contribution in [-0.2, 0) is 11.3 Å². The molecule has 0 aromatic heterocycles. The lowest BCUT2D eigenvalue weighted by atomic mass is 10.0. The minimum atomic E-state index is -0.0272. The Morgan fingerprint density at radius 1 is 1.15 bits per heavy atom. The topological polar surface area (TPSA) is 48.1 Å². The highest BCUT2D eigenvalue weighted by molar-refractivity contribution is 5.73. The van der Waals surface area contributed by atoms with E-state index >= 15 is 0 Å². The Hall–Kier alpha value is -1.79. The second kappa shape index (κ2) is 9.78. The first-order chi connectivity index (χ1) is 12.4. The van der Waals surface area contributed by atoms with Crippen LogP contribution in [0.3, 0.4) is 0 Å². The van der Waals surface area contributed by atoms with Crippen molar-refractivity contribution in [1.29, 1.82) is 0 Å². The fourth-order valence-electron chi connectivity index (χ4n) is 3.27. The zero-order chi connectivity index (χ0) is 19.1. The van der Waals surface area contributed by atoms with Gasteiger partial charge in [0.05, 0.1) is 13.2 Å². The van der Waals surface area contributed by atoms with Crippen molar-refractivity contribution in [2.45, 2.75) is 26.4 Å². The molecule has 1 saturated heterocycles. The number of nitrogens with one attached hydrogen (secondary N) is 1. The van der Waals surface area contributed by atoms with Crippen LogP contribution in [0.5, 0.6) is 0 Å². The number of morpholine rings is 1. The number of benzene rings is 1. The number of carbonyl (C=O) groups is 1. The molecule has 1 aliphatic rings. The van der Waals surface area contributed by atoms with Crippen LogP contribution in [0.4, 0.5) is 10.5 Å². The molecule has 0 radical (unpaired) electrons. The van der Waals surface area contributed by atoms with Crippen LogP contribution in [0.2, 0.25) is 0 Å². The van der Waals surface area contributed by atoms with Crippen LogP contribution in [0, 0.1) is 5.92 Å². The van der Waals surface area contributed by atoms with Crippen LogP contribution in [0.15, 0.2) is 24.3 Å². The Morgan fingerprint density at radius 3 is 2.31 bits per heavy atom. The maximum Gasteiger partial charge on any atom is 0.317 e. The van der Waals surface area contributed by atoms with Crippen molar-refractivity contribution in [2.75, 3.05) is 58.9 Å². The zero-order valence-electron chi connectivity index (χ0n) is 16.9. The molecule has 1 heterocycles. The van der Waals surface area contributed by atoms with Gasteiger partial charge in [-0.3, -0.25) is 4.90 Å². The molecule has 1 unspecified atom stereocenters. The number of hydrogen-bond donors (Lipinski definition) is 1. The van der Waals surface area contributed by atoms with E-state index < -0.39 is 0 Å². The molecule has 1 aromatic rings. The van der Waals surface area contributed by atoms with Gasteiger partial charge in [0.15, 0.2) is 0 Å². The predicted octanol–water partition coefficient (Wildman–Crippen LogP) is 2.25. The number of hydrogen-bond acceptors (Lipinski definition) is 4. The van der Waals surface area contributed by atoms with E-state index in [1.165, 1.54) is 0 Å². The van der Waals surface area contributed by atoms with Crippen LogP contribution in [0.25, 0.3) is 0 Å². The van der Waals surface area contributed by atoms with Gasteiger partial charge in [-0.2, -0.15) is 0 Å². The molecule has 1 fully saturated rings. The van der Waals surface area contributed by atoms with E-state index in [2.05, 4.69) is 53.2 Å². The van der Waals surface area contributed by atoms with Gasteiger partial charge >= 0.3 is 6.03 Å². The summed E-state index contributed by atoms with van der Waals surface area (Å²) in [5.41, 5.74) is 2.29. The minimum Gasteiger partial charge on any atom is -0.379 e. The molecular weight excluding hydrogens is 328 g/mol.